The number of carbonyl (C=O) groups excluding carboxylic acids is 1. The molecule has 3 heterocycles. The summed E-state index contributed by atoms with van der Waals surface area (Å²) >= 11 is 0. The molecule has 0 aliphatic carbocycles. The van der Waals surface area contributed by atoms with E-state index in [-0.39, 0.29) is 12.5 Å². The van der Waals surface area contributed by atoms with Gasteiger partial charge >= 0.3 is 0 Å². The molecule has 0 fully saturated rings. The van der Waals surface area contributed by atoms with Crippen LogP contribution >= 0.6 is 0 Å². The van der Waals surface area contributed by atoms with Gasteiger partial charge in [0.05, 0.1) is 24.8 Å². The summed E-state index contributed by atoms with van der Waals surface area (Å²) in [5.41, 5.74) is 1.25. The molecule has 0 radical (unpaired) electrons. The highest BCUT2D eigenvalue weighted by atomic mass is 16.3. The largest absolute Gasteiger partial charge is 0.465 e. The first-order chi connectivity index (χ1) is 10.8. The summed E-state index contributed by atoms with van der Waals surface area (Å²) in [5, 5.41) is 2.75. The summed E-state index contributed by atoms with van der Waals surface area (Å²) in [6.07, 6.45) is 9.28. The fraction of sp³-hybridized carbons (Fsp3) is 0.0625. The Morgan fingerprint density at radius 1 is 1.14 bits per heavy atom. The number of hydrogen-bond acceptors (Lipinski definition) is 5. The zero-order valence-electron chi connectivity index (χ0n) is 11.6. The smallest absolute Gasteiger partial charge is 0.244 e. The monoisotopic (exact) mass is 295 g/mol. The maximum Gasteiger partial charge on any atom is 0.244 e. The fourth-order valence-electron chi connectivity index (χ4n) is 1.89. The Morgan fingerprint density at radius 3 is 2.73 bits per heavy atom. The molecule has 6 nitrogen and oxygen atoms in total. The van der Waals surface area contributed by atoms with E-state index < -0.39 is 0 Å². The van der Waals surface area contributed by atoms with Gasteiger partial charge in [-0.15, -0.1) is 0 Å². The first kappa shape index (κ1) is 13.8. The Bertz CT molecular complexity index is 762. The lowest BCUT2D eigenvalue weighted by molar-refractivity contribution is -0.116. The van der Waals surface area contributed by atoms with Crippen molar-refractivity contribution in [1.29, 1.82) is 0 Å². The molecule has 0 aromatic carbocycles. The summed E-state index contributed by atoms with van der Waals surface area (Å²) in [6, 6.07) is 7.10. The Labute approximate surface area is 126 Å². The number of furan rings is 2. The summed E-state index contributed by atoms with van der Waals surface area (Å²) in [5.74, 6) is 0.988. The molecular weight excluding hydrogens is 282 g/mol. The van der Waals surface area contributed by atoms with Gasteiger partial charge in [0.15, 0.2) is 5.76 Å². The van der Waals surface area contributed by atoms with Gasteiger partial charge in [-0.05, 0) is 30.3 Å². The van der Waals surface area contributed by atoms with Crippen LogP contribution < -0.4 is 5.32 Å². The van der Waals surface area contributed by atoms with E-state index in [0.717, 1.165) is 0 Å². The number of aromatic nitrogens is 2. The van der Waals surface area contributed by atoms with Gasteiger partial charge < -0.3 is 14.2 Å². The van der Waals surface area contributed by atoms with Gasteiger partial charge in [-0.1, -0.05) is 0 Å². The fourth-order valence-corrected chi connectivity index (χ4v) is 1.89. The molecule has 22 heavy (non-hydrogen) atoms. The van der Waals surface area contributed by atoms with Crippen molar-refractivity contribution in [2.24, 2.45) is 0 Å². The Hall–Kier alpha value is -3.15. The number of nitrogens with zero attached hydrogens (tertiary/aromatic N) is 2. The van der Waals surface area contributed by atoms with Gasteiger partial charge in [0, 0.05) is 18.5 Å². The lowest BCUT2D eigenvalue weighted by Crippen LogP contribution is -2.21. The third-order valence-corrected chi connectivity index (χ3v) is 2.90. The topological polar surface area (TPSA) is 81.2 Å². The molecule has 1 amide bonds. The van der Waals surface area contributed by atoms with E-state index in [9.17, 15) is 4.79 Å². The zero-order valence-corrected chi connectivity index (χ0v) is 11.6. The second-order valence-electron chi connectivity index (χ2n) is 4.40. The number of hydrogen-bond donors (Lipinski definition) is 1. The zero-order chi connectivity index (χ0) is 15.2. The van der Waals surface area contributed by atoms with Crippen LogP contribution in [-0.2, 0) is 11.3 Å². The van der Waals surface area contributed by atoms with Gasteiger partial charge in [0.25, 0.3) is 0 Å². The van der Waals surface area contributed by atoms with Crippen LogP contribution in [0.1, 0.15) is 11.5 Å². The van der Waals surface area contributed by atoms with Crippen molar-refractivity contribution >= 4 is 12.0 Å². The molecule has 0 spiro atoms. The second kappa shape index (κ2) is 6.53. The summed E-state index contributed by atoms with van der Waals surface area (Å²) in [6.45, 7) is 0.255. The van der Waals surface area contributed by atoms with Crippen molar-refractivity contribution in [2.45, 2.75) is 6.54 Å². The molecule has 0 unspecified atom stereocenters. The maximum absolute atomic E-state index is 11.8. The van der Waals surface area contributed by atoms with Gasteiger partial charge in [-0.2, -0.15) is 0 Å². The average Bonchev–Trinajstić information content (AvgIpc) is 3.24. The number of carbonyl (C=O) groups is 1. The molecule has 110 valence electrons. The highest BCUT2D eigenvalue weighted by Gasteiger charge is 2.10. The molecular formula is C16H13N3O3. The van der Waals surface area contributed by atoms with Crippen LogP contribution in [0.15, 0.2) is 64.1 Å². The Balaban J connectivity index is 1.66. The Morgan fingerprint density at radius 2 is 1.95 bits per heavy atom. The molecule has 3 aromatic heterocycles. The third-order valence-electron chi connectivity index (χ3n) is 2.90. The first-order valence-electron chi connectivity index (χ1n) is 6.66. The van der Waals surface area contributed by atoms with Crippen molar-refractivity contribution in [3.8, 4) is 11.5 Å². The SMILES string of the molecule is O=C(/C=C/c1ccco1)NCc1nccnc1-c1ccco1. The van der Waals surface area contributed by atoms with Crippen LogP contribution in [0.2, 0.25) is 0 Å². The van der Waals surface area contributed by atoms with Crippen LogP contribution in [0.3, 0.4) is 0 Å². The van der Waals surface area contributed by atoms with Gasteiger partial charge in [0.2, 0.25) is 5.91 Å². The van der Waals surface area contributed by atoms with Crippen molar-refractivity contribution in [3.63, 3.8) is 0 Å². The molecule has 0 aliphatic heterocycles. The summed E-state index contributed by atoms with van der Waals surface area (Å²) < 4.78 is 10.4. The maximum atomic E-state index is 11.8. The van der Waals surface area contributed by atoms with Crippen molar-refractivity contribution in [3.05, 3.63) is 66.7 Å². The van der Waals surface area contributed by atoms with Crippen LogP contribution in [0.4, 0.5) is 0 Å². The predicted molar refractivity (Wildman–Crippen MR) is 79.3 cm³/mol. The van der Waals surface area contributed by atoms with Crippen molar-refractivity contribution in [2.75, 3.05) is 0 Å². The molecule has 0 saturated heterocycles. The molecule has 0 saturated carbocycles. The minimum Gasteiger partial charge on any atom is -0.465 e. The number of nitrogens with one attached hydrogen (secondary N) is 1. The van der Waals surface area contributed by atoms with Crippen LogP contribution in [-0.4, -0.2) is 15.9 Å². The molecule has 0 atom stereocenters. The van der Waals surface area contributed by atoms with E-state index in [4.69, 9.17) is 8.83 Å². The highest BCUT2D eigenvalue weighted by Crippen LogP contribution is 2.19. The lowest BCUT2D eigenvalue weighted by atomic mass is 10.2. The molecule has 3 aromatic rings. The normalized spacial score (nSPS) is 10.9. The number of amides is 1. The minimum absolute atomic E-state index is 0.243. The van der Waals surface area contributed by atoms with Crippen LogP contribution in [0.5, 0.6) is 0 Å². The quantitative estimate of drug-likeness (QED) is 0.732. The number of rotatable bonds is 5. The second-order valence-corrected chi connectivity index (χ2v) is 4.40. The molecule has 0 bridgehead atoms. The van der Waals surface area contributed by atoms with Crippen LogP contribution in [0.25, 0.3) is 17.5 Å². The molecule has 0 aliphatic rings. The van der Waals surface area contributed by atoms with E-state index >= 15 is 0 Å². The third kappa shape index (κ3) is 3.29. The van der Waals surface area contributed by atoms with E-state index in [0.29, 0.717) is 22.9 Å². The standard InChI is InChI=1S/C16H13N3O3/c20-15(6-5-12-3-1-9-21-12)19-11-13-16(18-8-7-17-13)14-4-2-10-22-14/h1-10H,11H2,(H,19,20)/b6-5+. The average molecular weight is 295 g/mol. The Kier molecular flexibility index (Phi) is 4.10. The van der Waals surface area contributed by atoms with Crippen molar-refractivity contribution < 1.29 is 13.6 Å². The van der Waals surface area contributed by atoms with E-state index in [1.54, 1.807) is 55.3 Å². The van der Waals surface area contributed by atoms with E-state index in [1.807, 2.05) is 0 Å². The van der Waals surface area contributed by atoms with Gasteiger partial charge in [-0.3, -0.25) is 9.78 Å². The summed E-state index contributed by atoms with van der Waals surface area (Å²) in [4.78, 5) is 20.3. The van der Waals surface area contributed by atoms with Gasteiger partial charge in [0.1, 0.15) is 11.5 Å². The predicted octanol–water partition coefficient (Wildman–Crippen LogP) is 2.66. The molecule has 6 heteroatoms. The van der Waals surface area contributed by atoms with Crippen molar-refractivity contribution in [1.82, 2.24) is 15.3 Å². The van der Waals surface area contributed by atoms with Gasteiger partial charge in [-0.25, -0.2) is 4.98 Å². The molecule has 1 N–H and O–H groups in total. The lowest BCUT2D eigenvalue weighted by Gasteiger charge is -2.05. The van der Waals surface area contributed by atoms with E-state index in [1.165, 1.54) is 6.08 Å². The first-order valence-corrected chi connectivity index (χ1v) is 6.66. The molecule has 3 rings (SSSR count). The summed E-state index contributed by atoms with van der Waals surface area (Å²) in [7, 11) is 0. The van der Waals surface area contributed by atoms with Crippen LogP contribution in [0, 0.1) is 0 Å². The highest BCUT2D eigenvalue weighted by molar-refractivity contribution is 5.91. The van der Waals surface area contributed by atoms with E-state index in [2.05, 4.69) is 15.3 Å². The minimum atomic E-state index is -0.243.